The van der Waals surface area contributed by atoms with Crippen LogP contribution in [0.25, 0.3) is 0 Å². The van der Waals surface area contributed by atoms with Gasteiger partial charge >= 0.3 is 0 Å². The highest BCUT2D eigenvalue weighted by atomic mass is 35.5. The molecule has 1 N–H and O–H groups in total. The van der Waals surface area contributed by atoms with E-state index in [1.54, 1.807) is 11.8 Å². The molecule has 112 valence electrons. The quantitative estimate of drug-likeness (QED) is 0.761. The van der Waals surface area contributed by atoms with E-state index in [1.807, 2.05) is 6.92 Å². The van der Waals surface area contributed by atoms with E-state index in [1.165, 1.54) is 6.20 Å². The molecule has 0 spiro atoms. The van der Waals surface area contributed by atoms with Crippen LogP contribution in [0.3, 0.4) is 0 Å². The van der Waals surface area contributed by atoms with Crippen LogP contribution in [-0.4, -0.2) is 55.1 Å². The van der Waals surface area contributed by atoms with Crippen molar-refractivity contribution in [3.63, 3.8) is 0 Å². The van der Waals surface area contributed by atoms with Gasteiger partial charge < -0.3 is 14.8 Å². The monoisotopic (exact) mass is 301 g/mol. The van der Waals surface area contributed by atoms with Gasteiger partial charge in [0, 0.05) is 13.2 Å². The van der Waals surface area contributed by atoms with Crippen LogP contribution < -0.4 is 5.32 Å². The Bertz CT molecular complexity index is 464. The molecule has 1 aromatic rings. The van der Waals surface area contributed by atoms with Gasteiger partial charge in [0.2, 0.25) is 0 Å². The minimum absolute atomic E-state index is 0.0212. The fraction of sp³-hybridized carbons (Fsp3) is 0.692. The summed E-state index contributed by atoms with van der Waals surface area (Å²) in [5.74, 6) is -0.238. The Labute approximate surface area is 123 Å². The molecule has 0 aliphatic carbocycles. The number of hydrogen-bond donors (Lipinski definition) is 1. The highest BCUT2D eigenvalue weighted by Crippen LogP contribution is 2.24. The summed E-state index contributed by atoms with van der Waals surface area (Å²) in [6.07, 6.45) is 1.50. The summed E-state index contributed by atoms with van der Waals surface area (Å²) in [7, 11) is 1.61. The summed E-state index contributed by atoms with van der Waals surface area (Å²) in [4.78, 5) is 12.7. The number of ketones is 1. The number of carbonyl (C=O) groups excluding carboxylic acids is 1. The summed E-state index contributed by atoms with van der Waals surface area (Å²) in [5.41, 5.74) is 0.446. The van der Waals surface area contributed by atoms with E-state index in [-0.39, 0.29) is 17.7 Å². The average Bonchev–Trinajstić information content (AvgIpc) is 3.03. The van der Waals surface area contributed by atoms with E-state index in [0.29, 0.717) is 37.1 Å². The molecule has 1 saturated heterocycles. The number of nitrogens with one attached hydrogen (secondary N) is 1. The third kappa shape index (κ3) is 3.20. The molecule has 1 aliphatic rings. The fourth-order valence-corrected chi connectivity index (χ4v) is 2.64. The molecular formula is C13H20ClN3O3. The van der Waals surface area contributed by atoms with Crippen molar-refractivity contribution in [1.82, 2.24) is 15.1 Å². The smallest absolute Gasteiger partial charge is 0.189 e. The van der Waals surface area contributed by atoms with Crippen LogP contribution in [0.4, 0.5) is 0 Å². The van der Waals surface area contributed by atoms with Gasteiger partial charge in [-0.3, -0.25) is 9.48 Å². The first-order chi connectivity index (χ1) is 9.69. The van der Waals surface area contributed by atoms with Crippen LogP contribution in [-0.2, 0) is 16.0 Å². The molecular weight excluding hydrogens is 282 g/mol. The Morgan fingerprint density at radius 1 is 1.65 bits per heavy atom. The second-order valence-electron chi connectivity index (χ2n) is 4.73. The zero-order valence-corrected chi connectivity index (χ0v) is 12.5. The highest BCUT2D eigenvalue weighted by Gasteiger charge is 2.36. The van der Waals surface area contributed by atoms with Gasteiger partial charge in [0.25, 0.3) is 0 Å². The lowest BCUT2D eigenvalue weighted by Gasteiger charge is -2.17. The van der Waals surface area contributed by atoms with Crippen molar-refractivity contribution in [3.05, 3.63) is 16.9 Å². The maximum atomic E-state index is 12.7. The summed E-state index contributed by atoms with van der Waals surface area (Å²) in [6, 6.07) is 0.0364. The average molecular weight is 302 g/mol. The number of aromatic nitrogens is 2. The molecule has 0 bridgehead atoms. The zero-order chi connectivity index (χ0) is 14.5. The van der Waals surface area contributed by atoms with Crippen LogP contribution >= 0.6 is 11.6 Å². The third-order valence-corrected chi connectivity index (χ3v) is 3.70. The third-order valence-electron chi connectivity index (χ3n) is 3.42. The molecule has 0 radical (unpaired) electrons. The number of nitrogens with zero attached hydrogens (tertiary/aromatic N) is 2. The van der Waals surface area contributed by atoms with E-state index in [9.17, 15) is 4.79 Å². The molecule has 20 heavy (non-hydrogen) atoms. The van der Waals surface area contributed by atoms with Gasteiger partial charge in [-0.25, -0.2) is 0 Å². The SMILES string of the molecule is CCNC1COCC1C(=O)c1c(Cl)cnn1CCOC. The highest BCUT2D eigenvalue weighted by molar-refractivity contribution is 6.33. The lowest BCUT2D eigenvalue weighted by molar-refractivity contribution is 0.0877. The molecule has 2 rings (SSSR count). The number of halogens is 1. The molecule has 1 fully saturated rings. The van der Waals surface area contributed by atoms with Crippen molar-refractivity contribution < 1.29 is 14.3 Å². The minimum atomic E-state index is -0.217. The Morgan fingerprint density at radius 2 is 2.45 bits per heavy atom. The largest absolute Gasteiger partial charge is 0.383 e. The van der Waals surface area contributed by atoms with Gasteiger partial charge in [0.1, 0.15) is 5.69 Å². The molecule has 2 heterocycles. The van der Waals surface area contributed by atoms with Crippen LogP contribution in [0.1, 0.15) is 17.4 Å². The summed E-state index contributed by atoms with van der Waals surface area (Å²) < 4.78 is 12.1. The van der Waals surface area contributed by atoms with Crippen molar-refractivity contribution in [3.8, 4) is 0 Å². The Kier molecular flexibility index (Phi) is 5.54. The van der Waals surface area contributed by atoms with Gasteiger partial charge in [-0.1, -0.05) is 18.5 Å². The fourth-order valence-electron chi connectivity index (χ4n) is 2.41. The molecule has 1 aromatic heterocycles. The van der Waals surface area contributed by atoms with Gasteiger partial charge in [-0.15, -0.1) is 0 Å². The Hall–Kier alpha value is -0.950. The first-order valence-corrected chi connectivity index (χ1v) is 7.12. The van der Waals surface area contributed by atoms with Crippen molar-refractivity contribution in [2.75, 3.05) is 33.5 Å². The zero-order valence-electron chi connectivity index (χ0n) is 11.8. The van der Waals surface area contributed by atoms with Gasteiger partial charge in [0.05, 0.1) is 43.5 Å². The number of likely N-dealkylation sites (N-methyl/N-ethyl adjacent to an activating group) is 1. The maximum absolute atomic E-state index is 12.7. The number of hydrogen-bond acceptors (Lipinski definition) is 5. The first-order valence-electron chi connectivity index (χ1n) is 6.74. The second-order valence-corrected chi connectivity index (χ2v) is 5.14. The molecule has 0 aromatic carbocycles. The van der Waals surface area contributed by atoms with E-state index in [4.69, 9.17) is 21.1 Å². The number of Topliss-reactive ketones (excluding diaryl/α,β-unsaturated/α-hetero) is 1. The van der Waals surface area contributed by atoms with Crippen molar-refractivity contribution >= 4 is 17.4 Å². The Balaban J connectivity index is 2.17. The van der Waals surface area contributed by atoms with E-state index >= 15 is 0 Å². The lowest BCUT2D eigenvalue weighted by Crippen LogP contribution is -2.39. The molecule has 0 amide bonds. The standard InChI is InChI=1S/C13H20ClN3O3/c1-3-15-11-8-20-7-9(11)13(18)12-10(14)6-16-17(12)4-5-19-2/h6,9,11,15H,3-5,7-8H2,1-2H3. The second kappa shape index (κ2) is 7.17. The predicted molar refractivity (Wildman–Crippen MR) is 75.2 cm³/mol. The molecule has 7 heteroatoms. The van der Waals surface area contributed by atoms with Crippen molar-refractivity contribution in [2.24, 2.45) is 5.92 Å². The van der Waals surface area contributed by atoms with Crippen molar-refractivity contribution in [1.29, 1.82) is 0 Å². The Morgan fingerprint density at radius 3 is 3.15 bits per heavy atom. The van der Waals surface area contributed by atoms with Crippen LogP contribution in [0.2, 0.25) is 5.02 Å². The molecule has 0 saturated carbocycles. The van der Waals surface area contributed by atoms with Crippen LogP contribution in [0.5, 0.6) is 0 Å². The first kappa shape index (κ1) is 15.4. The van der Waals surface area contributed by atoms with Crippen LogP contribution in [0.15, 0.2) is 6.20 Å². The minimum Gasteiger partial charge on any atom is -0.383 e. The molecule has 1 aliphatic heterocycles. The summed E-state index contributed by atoms with van der Waals surface area (Å²) >= 11 is 6.12. The number of ether oxygens (including phenoxy) is 2. The van der Waals surface area contributed by atoms with Crippen molar-refractivity contribution in [2.45, 2.75) is 19.5 Å². The number of rotatable bonds is 7. The summed E-state index contributed by atoms with van der Waals surface area (Å²) in [5, 5.41) is 7.80. The lowest BCUT2D eigenvalue weighted by atomic mass is 9.96. The molecule has 6 nitrogen and oxygen atoms in total. The predicted octanol–water partition coefficient (Wildman–Crippen LogP) is 0.990. The van der Waals surface area contributed by atoms with E-state index in [2.05, 4.69) is 10.4 Å². The molecule has 2 unspecified atom stereocenters. The van der Waals surface area contributed by atoms with Gasteiger partial charge in [0.15, 0.2) is 5.78 Å². The maximum Gasteiger partial charge on any atom is 0.189 e. The van der Waals surface area contributed by atoms with E-state index in [0.717, 1.165) is 6.54 Å². The van der Waals surface area contributed by atoms with E-state index < -0.39 is 0 Å². The normalized spacial score (nSPS) is 22.4. The van der Waals surface area contributed by atoms with Crippen LogP contribution in [0, 0.1) is 5.92 Å². The number of methoxy groups -OCH3 is 1. The summed E-state index contributed by atoms with van der Waals surface area (Å²) in [6.45, 7) is 4.76. The van der Waals surface area contributed by atoms with Gasteiger partial charge in [-0.2, -0.15) is 5.10 Å². The topological polar surface area (TPSA) is 65.4 Å². The van der Waals surface area contributed by atoms with Gasteiger partial charge in [-0.05, 0) is 6.54 Å². The molecule has 2 atom stereocenters. The number of carbonyl (C=O) groups is 1.